The van der Waals surface area contributed by atoms with E-state index < -0.39 is 0 Å². The Morgan fingerprint density at radius 1 is 1.15 bits per heavy atom. The van der Waals surface area contributed by atoms with Gasteiger partial charge >= 0.3 is 0 Å². The van der Waals surface area contributed by atoms with Crippen LogP contribution in [0, 0.1) is 20.8 Å². The topological polar surface area (TPSA) is 72.2 Å². The Balaban J connectivity index is 1.63. The normalized spacial score (nSPS) is 13.5. The van der Waals surface area contributed by atoms with Gasteiger partial charge in [-0.05, 0) is 44.7 Å². The third kappa shape index (κ3) is 4.30. The lowest BCUT2D eigenvalue weighted by Crippen LogP contribution is -2.33. The van der Waals surface area contributed by atoms with Crippen LogP contribution in [0.15, 0.2) is 35.5 Å². The average Bonchev–Trinajstić information content (AvgIpc) is 3.06. The first-order valence-corrected chi connectivity index (χ1v) is 9.94. The zero-order chi connectivity index (χ0) is 19.6. The number of aromatic nitrogens is 4. The molecule has 3 rings (SSSR count). The van der Waals surface area contributed by atoms with Gasteiger partial charge in [0.05, 0.1) is 5.25 Å². The Morgan fingerprint density at radius 3 is 2.56 bits per heavy atom. The quantitative estimate of drug-likeness (QED) is 0.660. The van der Waals surface area contributed by atoms with Crippen LogP contribution in [-0.4, -0.2) is 37.3 Å². The molecule has 0 fully saturated rings. The highest BCUT2D eigenvalue weighted by molar-refractivity contribution is 8.00. The summed E-state index contributed by atoms with van der Waals surface area (Å²) in [4.78, 5) is 21.4. The molecule has 2 unspecified atom stereocenters. The maximum absolute atomic E-state index is 12.5. The molecule has 1 aromatic carbocycles. The van der Waals surface area contributed by atoms with Gasteiger partial charge in [0.2, 0.25) is 11.1 Å². The molecular weight excluding hydrogens is 358 g/mol. The Labute approximate surface area is 163 Å². The van der Waals surface area contributed by atoms with Crippen LogP contribution in [0.1, 0.15) is 42.3 Å². The lowest BCUT2D eigenvalue weighted by Gasteiger charge is -2.15. The summed E-state index contributed by atoms with van der Waals surface area (Å²) in [5, 5.41) is 7.81. The fourth-order valence-electron chi connectivity index (χ4n) is 2.80. The largest absolute Gasteiger partial charge is 0.355 e. The van der Waals surface area contributed by atoms with Crippen LogP contribution in [0.3, 0.4) is 0 Å². The molecule has 0 aliphatic heterocycles. The minimum Gasteiger partial charge on any atom is -0.355 e. The number of fused-ring (bicyclic) bond motifs is 1. The monoisotopic (exact) mass is 383 g/mol. The van der Waals surface area contributed by atoms with Gasteiger partial charge in [-0.2, -0.15) is 4.98 Å². The molecule has 0 saturated heterocycles. The molecule has 6 nitrogen and oxygen atoms in total. The van der Waals surface area contributed by atoms with Gasteiger partial charge in [0.1, 0.15) is 0 Å². The van der Waals surface area contributed by atoms with Gasteiger partial charge < -0.3 is 5.32 Å². The van der Waals surface area contributed by atoms with Gasteiger partial charge in [0, 0.05) is 17.9 Å². The van der Waals surface area contributed by atoms with Crippen LogP contribution in [0.4, 0.5) is 0 Å². The molecule has 2 heterocycles. The summed E-state index contributed by atoms with van der Waals surface area (Å²) in [5.74, 6) is 0.820. The van der Waals surface area contributed by atoms with E-state index in [2.05, 4.69) is 39.4 Å². The molecule has 2 atom stereocenters. The summed E-state index contributed by atoms with van der Waals surface area (Å²) in [6, 6.07) is 10.2. The van der Waals surface area contributed by atoms with Crippen molar-refractivity contribution in [1.29, 1.82) is 0 Å². The van der Waals surface area contributed by atoms with E-state index in [4.69, 9.17) is 0 Å². The molecule has 27 heavy (non-hydrogen) atoms. The van der Waals surface area contributed by atoms with E-state index in [1.54, 1.807) is 4.52 Å². The number of aryl methyl sites for hydroxylation is 2. The first-order chi connectivity index (χ1) is 12.9. The van der Waals surface area contributed by atoms with Crippen molar-refractivity contribution in [2.45, 2.75) is 50.9 Å². The van der Waals surface area contributed by atoms with Crippen LogP contribution in [0.25, 0.3) is 5.78 Å². The number of hydrogen-bond acceptors (Lipinski definition) is 5. The van der Waals surface area contributed by atoms with Gasteiger partial charge in [-0.15, -0.1) is 5.10 Å². The number of thioether (sulfide) groups is 1. The van der Waals surface area contributed by atoms with Crippen LogP contribution >= 0.6 is 11.8 Å². The standard InChI is InChI=1S/C20H25N5OS/c1-12(17-9-7-6-8-10-17)11-21-18(26)16(5)27-20-23-19-22-14(3)13(2)15(4)25(19)24-20/h6-10,12,16H,11H2,1-5H3,(H,21,26). The molecule has 1 N–H and O–H groups in total. The van der Waals surface area contributed by atoms with E-state index in [-0.39, 0.29) is 17.1 Å². The molecule has 142 valence electrons. The van der Waals surface area contributed by atoms with Gasteiger partial charge in [-0.3, -0.25) is 4.79 Å². The Morgan fingerprint density at radius 2 is 1.85 bits per heavy atom. The third-order valence-electron chi connectivity index (χ3n) is 4.84. The molecule has 0 radical (unpaired) electrons. The second kappa shape index (κ2) is 8.08. The summed E-state index contributed by atoms with van der Waals surface area (Å²) in [6.45, 7) is 10.6. The summed E-state index contributed by atoms with van der Waals surface area (Å²) in [6.07, 6.45) is 0. The number of nitrogens with zero attached hydrogens (tertiary/aromatic N) is 4. The Bertz CT molecular complexity index is 954. The molecule has 0 aliphatic rings. The molecule has 2 aromatic heterocycles. The predicted octanol–water partition coefficient (Wildman–Crippen LogP) is 3.45. The van der Waals surface area contributed by atoms with Crippen LogP contribution < -0.4 is 5.32 Å². The zero-order valence-corrected chi connectivity index (χ0v) is 17.2. The summed E-state index contributed by atoms with van der Waals surface area (Å²) in [7, 11) is 0. The average molecular weight is 384 g/mol. The number of carbonyl (C=O) groups excluding carboxylic acids is 1. The minimum absolute atomic E-state index is 0.0151. The van der Waals surface area contributed by atoms with E-state index in [0.29, 0.717) is 17.5 Å². The smallest absolute Gasteiger partial charge is 0.253 e. The SMILES string of the molecule is Cc1nc2nc(SC(C)C(=O)NCC(C)c3ccccc3)nn2c(C)c1C. The summed E-state index contributed by atoms with van der Waals surface area (Å²) < 4.78 is 1.74. The highest BCUT2D eigenvalue weighted by Crippen LogP contribution is 2.22. The number of hydrogen-bond donors (Lipinski definition) is 1. The first-order valence-electron chi connectivity index (χ1n) is 9.06. The first kappa shape index (κ1) is 19.4. The minimum atomic E-state index is -0.284. The highest BCUT2D eigenvalue weighted by atomic mass is 32.2. The van der Waals surface area contributed by atoms with Crippen molar-refractivity contribution in [1.82, 2.24) is 24.9 Å². The molecule has 0 bridgehead atoms. The molecule has 0 spiro atoms. The predicted molar refractivity (Wildman–Crippen MR) is 108 cm³/mol. The van der Waals surface area contributed by atoms with E-state index in [1.165, 1.54) is 17.3 Å². The van der Waals surface area contributed by atoms with E-state index in [0.717, 1.165) is 17.0 Å². The van der Waals surface area contributed by atoms with Crippen LogP contribution in [0.5, 0.6) is 0 Å². The molecule has 1 amide bonds. The molecule has 7 heteroatoms. The number of nitrogens with one attached hydrogen (secondary N) is 1. The molecule has 0 saturated carbocycles. The lowest BCUT2D eigenvalue weighted by atomic mass is 10.0. The van der Waals surface area contributed by atoms with Gasteiger partial charge in [-0.25, -0.2) is 9.50 Å². The maximum Gasteiger partial charge on any atom is 0.253 e. The number of rotatable bonds is 6. The van der Waals surface area contributed by atoms with Crippen molar-refractivity contribution in [2.24, 2.45) is 0 Å². The van der Waals surface area contributed by atoms with Crippen LogP contribution in [-0.2, 0) is 4.79 Å². The van der Waals surface area contributed by atoms with Crippen molar-refractivity contribution in [3.63, 3.8) is 0 Å². The van der Waals surface area contributed by atoms with Gasteiger partial charge in [0.15, 0.2) is 0 Å². The second-order valence-corrected chi connectivity index (χ2v) is 8.14. The summed E-state index contributed by atoms with van der Waals surface area (Å²) in [5.41, 5.74) is 4.28. The molecule has 3 aromatic rings. The number of carbonyl (C=O) groups is 1. The van der Waals surface area contributed by atoms with E-state index >= 15 is 0 Å². The fourth-order valence-corrected chi connectivity index (χ4v) is 3.57. The highest BCUT2D eigenvalue weighted by Gasteiger charge is 2.19. The lowest BCUT2D eigenvalue weighted by molar-refractivity contribution is -0.120. The Kier molecular flexibility index (Phi) is 5.79. The Hall–Kier alpha value is -2.41. The zero-order valence-electron chi connectivity index (χ0n) is 16.4. The third-order valence-corrected chi connectivity index (χ3v) is 5.80. The molecule has 0 aliphatic carbocycles. The second-order valence-electron chi connectivity index (χ2n) is 6.83. The van der Waals surface area contributed by atoms with Crippen molar-refractivity contribution < 1.29 is 4.79 Å². The van der Waals surface area contributed by atoms with Crippen molar-refractivity contribution in [3.8, 4) is 0 Å². The fraction of sp³-hybridized carbons (Fsp3) is 0.400. The number of amides is 1. The maximum atomic E-state index is 12.5. The summed E-state index contributed by atoms with van der Waals surface area (Å²) >= 11 is 1.35. The van der Waals surface area contributed by atoms with Gasteiger partial charge in [-0.1, -0.05) is 49.0 Å². The van der Waals surface area contributed by atoms with Gasteiger partial charge in [0.25, 0.3) is 5.78 Å². The van der Waals surface area contributed by atoms with Crippen molar-refractivity contribution >= 4 is 23.4 Å². The van der Waals surface area contributed by atoms with Crippen molar-refractivity contribution in [3.05, 3.63) is 52.8 Å². The molecular formula is C20H25N5OS. The van der Waals surface area contributed by atoms with Crippen molar-refractivity contribution in [2.75, 3.05) is 6.54 Å². The van der Waals surface area contributed by atoms with E-state index in [9.17, 15) is 4.79 Å². The van der Waals surface area contributed by atoms with E-state index in [1.807, 2.05) is 45.9 Å². The van der Waals surface area contributed by atoms with Crippen LogP contribution in [0.2, 0.25) is 0 Å². The number of benzene rings is 1.